The quantitative estimate of drug-likeness (QED) is 0.195. The third-order valence-corrected chi connectivity index (χ3v) is 7.08. The second kappa shape index (κ2) is 8.51. The Hall–Kier alpha value is -4.70. The number of amides is 1. The van der Waals surface area contributed by atoms with Gasteiger partial charge >= 0.3 is 0 Å². The van der Waals surface area contributed by atoms with Crippen LogP contribution in [0.1, 0.15) is 11.1 Å². The standard InChI is InChI=1S/C32H24N2O2/c1-33-30(27-18-21-11-4-6-14-23(21)24-15-7-8-16-25(24)27)29-28(19-35)31(34(2)32(29)36)26-17-9-12-20-10-3-5-13-22(20)26/h3-19,33H,1-2H3/b30-29+. The molecule has 0 saturated carbocycles. The van der Waals surface area contributed by atoms with Crippen LogP contribution >= 0.6 is 0 Å². The number of nitrogens with zero attached hydrogens (tertiary/aromatic N) is 1. The van der Waals surface area contributed by atoms with E-state index in [0.29, 0.717) is 22.5 Å². The van der Waals surface area contributed by atoms with E-state index in [1.54, 1.807) is 19.0 Å². The molecule has 174 valence electrons. The first-order chi connectivity index (χ1) is 17.6. The third kappa shape index (κ3) is 3.15. The maximum absolute atomic E-state index is 13.8. The van der Waals surface area contributed by atoms with Crippen LogP contribution in [0.5, 0.6) is 0 Å². The molecule has 1 amide bonds. The van der Waals surface area contributed by atoms with Crippen molar-refractivity contribution in [2.45, 2.75) is 0 Å². The van der Waals surface area contributed by atoms with E-state index in [1.807, 2.05) is 66.7 Å². The molecule has 0 radical (unpaired) electrons. The molecule has 0 aliphatic carbocycles. The fourth-order valence-corrected chi connectivity index (χ4v) is 5.45. The van der Waals surface area contributed by atoms with E-state index < -0.39 is 0 Å². The normalized spacial score (nSPS) is 15.3. The van der Waals surface area contributed by atoms with Gasteiger partial charge in [0.25, 0.3) is 5.91 Å². The van der Waals surface area contributed by atoms with Gasteiger partial charge in [0, 0.05) is 25.2 Å². The van der Waals surface area contributed by atoms with Gasteiger partial charge in [0.1, 0.15) is 0 Å². The molecule has 36 heavy (non-hydrogen) atoms. The molecular weight excluding hydrogens is 444 g/mol. The van der Waals surface area contributed by atoms with E-state index >= 15 is 0 Å². The predicted molar refractivity (Wildman–Crippen MR) is 147 cm³/mol. The maximum atomic E-state index is 13.8. The van der Waals surface area contributed by atoms with E-state index in [-0.39, 0.29) is 5.91 Å². The van der Waals surface area contributed by atoms with Crippen molar-refractivity contribution < 1.29 is 9.59 Å². The first-order valence-electron chi connectivity index (χ1n) is 11.9. The number of hydrogen-bond acceptors (Lipinski definition) is 3. The zero-order valence-corrected chi connectivity index (χ0v) is 20.1. The first-order valence-corrected chi connectivity index (χ1v) is 11.9. The summed E-state index contributed by atoms with van der Waals surface area (Å²) < 4.78 is 0. The molecule has 0 unspecified atom stereocenters. The fourth-order valence-electron chi connectivity index (χ4n) is 5.45. The van der Waals surface area contributed by atoms with Crippen molar-refractivity contribution in [3.8, 4) is 0 Å². The largest absolute Gasteiger partial charge is 0.387 e. The summed E-state index contributed by atoms with van der Waals surface area (Å²) in [6.45, 7) is 0. The number of aldehydes is 1. The lowest BCUT2D eigenvalue weighted by molar-refractivity contribution is -0.122. The summed E-state index contributed by atoms with van der Waals surface area (Å²) in [7, 11) is 3.54. The van der Waals surface area contributed by atoms with Crippen LogP contribution < -0.4 is 5.32 Å². The molecule has 5 aromatic rings. The van der Waals surface area contributed by atoms with Crippen LogP contribution in [-0.4, -0.2) is 31.2 Å². The zero-order chi connectivity index (χ0) is 24.8. The molecule has 1 N–H and O–H groups in total. The van der Waals surface area contributed by atoms with E-state index in [1.165, 1.54) is 0 Å². The second-order valence-electron chi connectivity index (χ2n) is 8.96. The number of benzene rings is 5. The number of nitrogens with one attached hydrogen (secondary N) is 1. The molecule has 4 nitrogen and oxygen atoms in total. The molecule has 4 heteroatoms. The molecule has 5 aromatic carbocycles. The predicted octanol–water partition coefficient (Wildman–Crippen LogP) is 6.16. The summed E-state index contributed by atoms with van der Waals surface area (Å²) >= 11 is 0. The van der Waals surface area contributed by atoms with Gasteiger partial charge in [-0.25, -0.2) is 0 Å². The summed E-state index contributed by atoms with van der Waals surface area (Å²) in [5.41, 5.74) is 3.80. The van der Waals surface area contributed by atoms with Gasteiger partial charge in [-0.15, -0.1) is 0 Å². The van der Waals surface area contributed by atoms with Crippen molar-refractivity contribution in [3.63, 3.8) is 0 Å². The molecule has 6 rings (SSSR count). The lowest BCUT2D eigenvalue weighted by atomic mass is 9.92. The van der Waals surface area contributed by atoms with E-state index in [9.17, 15) is 9.59 Å². The average molecular weight is 469 g/mol. The van der Waals surface area contributed by atoms with Gasteiger partial charge in [-0.05, 0) is 38.4 Å². The van der Waals surface area contributed by atoms with Crippen LogP contribution in [0.25, 0.3) is 43.7 Å². The second-order valence-corrected chi connectivity index (χ2v) is 8.96. The van der Waals surface area contributed by atoms with Gasteiger partial charge in [0.15, 0.2) is 6.29 Å². The molecule has 0 aromatic heterocycles. The molecule has 1 heterocycles. The van der Waals surface area contributed by atoms with E-state index in [4.69, 9.17) is 0 Å². The van der Waals surface area contributed by atoms with Gasteiger partial charge in [-0.1, -0.05) is 91.0 Å². The number of fused-ring (bicyclic) bond motifs is 4. The van der Waals surface area contributed by atoms with Gasteiger partial charge in [-0.2, -0.15) is 0 Å². The monoisotopic (exact) mass is 468 g/mol. The topological polar surface area (TPSA) is 49.4 Å². The molecular formula is C32H24N2O2. The Labute approximate surface area is 209 Å². The summed E-state index contributed by atoms with van der Waals surface area (Å²) in [6.07, 6.45) is 0.814. The third-order valence-electron chi connectivity index (χ3n) is 7.08. The van der Waals surface area contributed by atoms with Crippen molar-refractivity contribution >= 4 is 55.9 Å². The van der Waals surface area contributed by atoms with Crippen LogP contribution in [0.2, 0.25) is 0 Å². The van der Waals surface area contributed by atoms with Gasteiger partial charge in [0.05, 0.1) is 22.5 Å². The van der Waals surface area contributed by atoms with Gasteiger partial charge in [-0.3, -0.25) is 9.59 Å². The summed E-state index contributed by atoms with van der Waals surface area (Å²) in [5, 5.41) is 9.68. The highest BCUT2D eigenvalue weighted by Crippen LogP contribution is 2.41. The highest BCUT2D eigenvalue weighted by atomic mass is 16.2. The summed E-state index contributed by atoms with van der Waals surface area (Å²) in [6, 6.07) is 32.5. The Balaban J connectivity index is 1.70. The van der Waals surface area contributed by atoms with E-state index in [2.05, 4.69) is 35.6 Å². The molecule has 1 aliphatic rings. The Morgan fingerprint density at radius 1 is 0.750 bits per heavy atom. The fraction of sp³-hybridized carbons (Fsp3) is 0.0625. The number of likely N-dealkylation sites (N-methyl/N-ethyl adjacent to an activating group) is 1. The van der Waals surface area contributed by atoms with E-state index in [0.717, 1.165) is 49.7 Å². The van der Waals surface area contributed by atoms with Gasteiger partial charge in [0.2, 0.25) is 0 Å². The minimum Gasteiger partial charge on any atom is -0.387 e. The lowest BCUT2D eigenvalue weighted by Gasteiger charge is -2.17. The number of rotatable bonds is 4. The SMILES string of the molecule is CN/C(=C1/C(=O)N(C)C(c2cccc3ccccc23)=C1C=O)c1cc2ccccc2c2ccccc12. The maximum Gasteiger partial charge on any atom is 0.260 e. The highest BCUT2D eigenvalue weighted by Gasteiger charge is 2.36. The van der Waals surface area contributed by atoms with Crippen LogP contribution in [-0.2, 0) is 9.59 Å². The molecule has 0 atom stereocenters. The zero-order valence-electron chi connectivity index (χ0n) is 20.1. The molecule has 0 fully saturated rings. The van der Waals surface area contributed by atoms with Crippen LogP contribution in [0.4, 0.5) is 0 Å². The van der Waals surface area contributed by atoms with Crippen molar-refractivity contribution in [1.29, 1.82) is 0 Å². The first kappa shape index (κ1) is 21.8. The van der Waals surface area contributed by atoms with Crippen LogP contribution in [0.15, 0.2) is 108 Å². The van der Waals surface area contributed by atoms with Gasteiger partial charge < -0.3 is 10.2 Å². The Morgan fingerprint density at radius 3 is 2.08 bits per heavy atom. The number of hydrogen-bond donors (Lipinski definition) is 1. The minimum absolute atomic E-state index is 0.207. The van der Waals surface area contributed by atoms with Crippen molar-refractivity contribution in [2.75, 3.05) is 14.1 Å². The number of carbonyl (C=O) groups is 2. The Morgan fingerprint density at radius 2 is 1.36 bits per heavy atom. The Kier molecular flexibility index (Phi) is 5.15. The van der Waals surface area contributed by atoms with Crippen LogP contribution in [0.3, 0.4) is 0 Å². The van der Waals surface area contributed by atoms with Crippen molar-refractivity contribution in [3.05, 3.63) is 119 Å². The smallest absolute Gasteiger partial charge is 0.260 e. The summed E-state index contributed by atoms with van der Waals surface area (Å²) in [4.78, 5) is 28.1. The minimum atomic E-state index is -0.207. The lowest BCUT2D eigenvalue weighted by Crippen LogP contribution is -2.22. The molecule has 0 saturated heterocycles. The van der Waals surface area contributed by atoms with Crippen molar-refractivity contribution in [1.82, 2.24) is 10.2 Å². The van der Waals surface area contributed by atoms with Crippen molar-refractivity contribution in [2.24, 2.45) is 0 Å². The van der Waals surface area contributed by atoms with Crippen LogP contribution in [0, 0.1) is 0 Å². The summed E-state index contributed by atoms with van der Waals surface area (Å²) in [5.74, 6) is -0.207. The molecule has 0 bridgehead atoms. The molecule has 0 spiro atoms. The molecule has 1 aliphatic heterocycles. The highest BCUT2D eigenvalue weighted by molar-refractivity contribution is 6.24. The number of carbonyl (C=O) groups excluding carboxylic acids is 2. The average Bonchev–Trinajstić information content (AvgIpc) is 3.18. The Bertz CT molecular complexity index is 1770.